The van der Waals surface area contributed by atoms with Gasteiger partial charge in [-0.3, -0.25) is 19.3 Å². The van der Waals surface area contributed by atoms with Gasteiger partial charge in [0.15, 0.2) is 0 Å². The molecule has 2 aliphatic rings. The summed E-state index contributed by atoms with van der Waals surface area (Å²) in [6, 6.07) is -0.200. The van der Waals surface area contributed by atoms with Crippen LogP contribution in [0, 0.1) is 0 Å². The van der Waals surface area contributed by atoms with E-state index in [0.717, 1.165) is 41.8 Å². The lowest BCUT2D eigenvalue weighted by Gasteiger charge is -2.21. The van der Waals surface area contributed by atoms with Gasteiger partial charge in [-0.2, -0.15) is 0 Å². The van der Waals surface area contributed by atoms with Crippen LogP contribution in [0.2, 0.25) is 0 Å². The van der Waals surface area contributed by atoms with E-state index in [1.807, 2.05) is 6.92 Å². The van der Waals surface area contributed by atoms with Gasteiger partial charge in [0, 0.05) is 13.1 Å². The third-order valence-electron chi connectivity index (χ3n) is 3.84. The second-order valence-corrected chi connectivity index (χ2v) is 6.99. The first-order chi connectivity index (χ1) is 10.6. The Morgan fingerprint density at radius 2 is 2.23 bits per heavy atom. The first kappa shape index (κ1) is 15.4. The van der Waals surface area contributed by atoms with Crippen LogP contribution >= 0.6 is 23.3 Å². The van der Waals surface area contributed by atoms with Crippen molar-refractivity contribution >= 4 is 40.3 Å². The van der Waals surface area contributed by atoms with E-state index in [1.165, 1.54) is 4.90 Å². The fourth-order valence-corrected chi connectivity index (χ4v) is 4.22. The minimum absolute atomic E-state index is 0.0901. The Bertz CT molecular complexity index is 602. The molecule has 118 valence electrons. The third-order valence-corrected chi connectivity index (χ3v) is 5.43. The molecule has 7 nitrogen and oxygen atoms in total. The number of rotatable bonds is 4. The zero-order chi connectivity index (χ0) is 15.7. The van der Waals surface area contributed by atoms with Gasteiger partial charge in [0.1, 0.15) is 4.88 Å². The number of nitrogens with zero attached hydrogens (tertiary/aromatic N) is 4. The molecule has 3 amide bonds. The molecule has 9 heteroatoms. The minimum atomic E-state index is -0.200. The van der Waals surface area contributed by atoms with Crippen molar-refractivity contribution in [1.29, 1.82) is 0 Å². The van der Waals surface area contributed by atoms with Gasteiger partial charge >= 0.3 is 0 Å². The fourth-order valence-electron chi connectivity index (χ4n) is 2.77. The number of carbonyl (C=O) groups excluding carboxylic acids is 3. The van der Waals surface area contributed by atoms with E-state index in [1.54, 1.807) is 4.90 Å². The van der Waals surface area contributed by atoms with E-state index in [0.29, 0.717) is 24.4 Å². The van der Waals surface area contributed by atoms with Crippen LogP contribution in [0.1, 0.15) is 35.1 Å². The number of hydrogen-bond acceptors (Lipinski definition) is 7. The summed E-state index contributed by atoms with van der Waals surface area (Å²) >= 11 is 2.15. The van der Waals surface area contributed by atoms with Crippen LogP contribution in [-0.2, 0) is 11.2 Å². The summed E-state index contributed by atoms with van der Waals surface area (Å²) in [7, 11) is 0. The summed E-state index contributed by atoms with van der Waals surface area (Å²) in [5.41, 5.74) is 0.741. The van der Waals surface area contributed by atoms with Crippen LogP contribution in [0.3, 0.4) is 0 Å². The molecule has 2 aliphatic heterocycles. The topological polar surface area (TPSA) is 83.5 Å². The summed E-state index contributed by atoms with van der Waals surface area (Å²) in [5, 5.41) is 3.82. The Kier molecular flexibility index (Phi) is 4.44. The molecule has 0 spiro atoms. The smallest absolute Gasteiger partial charge is 0.289 e. The highest BCUT2D eigenvalue weighted by molar-refractivity contribution is 8.14. The van der Waals surface area contributed by atoms with Crippen molar-refractivity contribution in [3.63, 3.8) is 0 Å². The number of aromatic nitrogens is 2. The van der Waals surface area contributed by atoms with E-state index in [4.69, 9.17) is 0 Å². The van der Waals surface area contributed by atoms with Gasteiger partial charge < -0.3 is 4.90 Å². The average molecular weight is 340 g/mol. The standard InChI is InChI=1S/C13H16N4O3S2/c1-2-3-9-11(22-15-14-9)12(19)16-5-4-8(6-16)17-10(18)7-21-13(17)20/h8H,2-7H2,1H3. The molecule has 3 rings (SSSR count). The van der Waals surface area contributed by atoms with E-state index < -0.39 is 0 Å². The van der Waals surface area contributed by atoms with Crippen molar-refractivity contribution in [2.24, 2.45) is 0 Å². The lowest BCUT2D eigenvalue weighted by molar-refractivity contribution is -0.126. The molecular formula is C13H16N4O3S2. The average Bonchev–Trinajstić information content (AvgIpc) is 3.20. The number of imide groups is 1. The maximum absolute atomic E-state index is 12.6. The second kappa shape index (κ2) is 6.33. The SMILES string of the molecule is CCCc1nnsc1C(=O)N1CCC(N2C(=O)CSC2=O)C1. The Labute approximate surface area is 136 Å². The van der Waals surface area contributed by atoms with Crippen LogP contribution in [-0.4, -0.2) is 61.3 Å². The maximum atomic E-state index is 12.6. The van der Waals surface area contributed by atoms with Gasteiger partial charge in [0.05, 0.1) is 17.5 Å². The molecule has 2 fully saturated rings. The number of aryl methyl sites for hydroxylation is 1. The predicted molar refractivity (Wildman–Crippen MR) is 82.9 cm³/mol. The molecule has 2 saturated heterocycles. The number of likely N-dealkylation sites (tertiary alicyclic amines) is 1. The van der Waals surface area contributed by atoms with Crippen molar-refractivity contribution in [3.8, 4) is 0 Å². The summed E-state index contributed by atoms with van der Waals surface area (Å²) < 4.78 is 3.88. The number of carbonyl (C=O) groups is 3. The molecule has 0 bridgehead atoms. The molecule has 22 heavy (non-hydrogen) atoms. The van der Waals surface area contributed by atoms with E-state index >= 15 is 0 Å². The molecule has 1 aromatic heterocycles. The predicted octanol–water partition coefficient (Wildman–Crippen LogP) is 1.40. The Balaban J connectivity index is 1.69. The van der Waals surface area contributed by atoms with E-state index in [2.05, 4.69) is 9.59 Å². The Morgan fingerprint density at radius 3 is 2.91 bits per heavy atom. The lowest BCUT2D eigenvalue weighted by Crippen LogP contribution is -2.41. The second-order valence-electron chi connectivity index (χ2n) is 5.31. The normalized spacial score (nSPS) is 22.0. The quantitative estimate of drug-likeness (QED) is 0.824. The van der Waals surface area contributed by atoms with Gasteiger partial charge in [0.2, 0.25) is 5.91 Å². The van der Waals surface area contributed by atoms with Gasteiger partial charge in [-0.05, 0) is 24.4 Å². The van der Waals surface area contributed by atoms with E-state index in [-0.39, 0.29) is 28.8 Å². The molecule has 0 saturated carbocycles. The van der Waals surface area contributed by atoms with Crippen LogP contribution in [0.15, 0.2) is 0 Å². The lowest BCUT2D eigenvalue weighted by atomic mass is 10.2. The number of amides is 3. The van der Waals surface area contributed by atoms with Gasteiger partial charge in [0.25, 0.3) is 11.1 Å². The summed E-state index contributed by atoms with van der Waals surface area (Å²) in [6.45, 7) is 2.98. The molecule has 3 heterocycles. The zero-order valence-corrected chi connectivity index (χ0v) is 13.8. The molecule has 1 aromatic rings. The molecule has 0 aromatic carbocycles. The van der Waals surface area contributed by atoms with Crippen LogP contribution in [0.25, 0.3) is 0 Å². The largest absolute Gasteiger partial charge is 0.336 e. The highest BCUT2D eigenvalue weighted by Gasteiger charge is 2.40. The third kappa shape index (κ3) is 2.74. The molecule has 0 N–H and O–H groups in total. The van der Waals surface area contributed by atoms with Crippen molar-refractivity contribution in [2.45, 2.75) is 32.2 Å². The number of thioether (sulfide) groups is 1. The Morgan fingerprint density at radius 1 is 1.41 bits per heavy atom. The number of hydrogen-bond donors (Lipinski definition) is 0. The summed E-state index contributed by atoms with van der Waals surface area (Å²) in [6.07, 6.45) is 2.27. The first-order valence-electron chi connectivity index (χ1n) is 7.21. The molecule has 1 unspecified atom stereocenters. The van der Waals surface area contributed by atoms with Gasteiger partial charge in [-0.15, -0.1) is 5.10 Å². The van der Waals surface area contributed by atoms with Crippen LogP contribution < -0.4 is 0 Å². The molecule has 1 atom stereocenters. The Hall–Kier alpha value is -1.48. The molecule has 0 radical (unpaired) electrons. The monoisotopic (exact) mass is 340 g/mol. The summed E-state index contributed by atoms with van der Waals surface area (Å²) in [4.78, 5) is 39.7. The fraction of sp³-hybridized carbons (Fsp3) is 0.615. The first-order valence-corrected chi connectivity index (χ1v) is 8.97. The zero-order valence-electron chi connectivity index (χ0n) is 12.2. The van der Waals surface area contributed by atoms with Gasteiger partial charge in [-0.25, -0.2) is 0 Å². The van der Waals surface area contributed by atoms with Gasteiger partial charge in [-0.1, -0.05) is 29.6 Å². The minimum Gasteiger partial charge on any atom is -0.336 e. The van der Waals surface area contributed by atoms with Crippen molar-refractivity contribution in [1.82, 2.24) is 19.4 Å². The van der Waals surface area contributed by atoms with Crippen LogP contribution in [0.5, 0.6) is 0 Å². The summed E-state index contributed by atoms with van der Waals surface area (Å²) in [5.74, 6) is -0.0315. The van der Waals surface area contributed by atoms with Crippen molar-refractivity contribution in [2.75, 3.05) is 18.8 Å². The van der Waals surface area contributed by atoms with Crippen molar-refractivity contribution < 1.29 is 14.4 Å². The van der Waals surface area contributed by atoms with E-state index in [9.17, 15) is 14.4 Å². The highest BCUT2D eigenvalue weighted by Crippen LogP contribution is 2.27. The highest BCUT2D eigenvalue weighted by atomic mass is 32.2. The molecule has 0 aliphatic carbocycles. The molecular weight excluding hydrogens is 324 g/mol. The van der Waals surface area contributed by atoms with Crippen molar-refractivity contribution in [3.05, 3.63) is 10.6 Å². The van der Waals surface area contributed by atoms with Crippen LogP contribution in [0.4, 0.5) is 4.79 Å². The maximum Gasteiger partial charge on any atom is 0.289 e.